The van der Waals surface area contributed by atoms with Crippen LogP contribution in [0.15, 0.2) is 54.6 Å². The van der Waals surface area contributed by atoms with Crippen molar-refractivity contribution in [2.75, 3.05) is 0 Å². The fourth-order valence-corrected chi connectivity index (χ4v) is 3.34. The molecule has 0 aromatic heterocycles. The van der Waals surface area contributed by atoms with Crippen molar-refractivity contribution in [3.05, 3.63) is 118 Å². The largest absolute Gasteiger partial charge is 1.00 e. The van der Waals surface area contributed by atoms with Crippen molar-refractivity contribution >= 4 is 58.7 Å². The molecule has 0 fully saturated rings. The van der Waals surface area contributed by atoms with Crippen LogP contribution in [0, 0.1) is 30.3 Å². The maximum Gasteiger partial charge on any atom is 1.00 e. The van der Waals surface area contributed by atoms with E-state index in [9.17, 15) is 44.7 Å². The molecule has 3 aromatic carbocycles. The van der Waals surface area contributed by atoms with Crippen molar-refractivity contribution in [3.8, 4) is 0 Å². The molecule has 0 bridgehead atoms. The van der Waals surface area contributed by atoms with Gasteiger partial charge in [0.2, 0.25) is 0 Å². The number of hydrogen-bond acceptors (Lipinski definition) is 10. The summed E-state index contributed by atoms with van der Waals surface area (Å²) in [7, 11) is 0. The molecule has 0 aliphatic heterocycles. The molecule has 16 nitrogen and oxygen atoms in total. The van der Waals surface area contributed by atoms with E-state index in [0.29, 0.717) is 5.56 Å². The van der Waals surface area contributed by atoms with E-state index in [1.165, 1.54) is 36.4 Å². The molecule has 0 aliphatic rings. The van der Waals surface area contributed by atoms with Gasteiger partial charge in [0.05, 0.1) is 48.5 Å². The second-order valence-corrected chi connectivity index (χ2v) is 7.81. The first-order valence-corrected chi connectivity index (χ1v) is 11.1. The van der Waals surface area contributed by atoms with Crippen LogP contribution in [-0.2, 0) is 5.88 Å². The summed E-state index contributed by atoms with van der Waals surface area (Å²) >= 11 is 5.46. The van der Waals surface area contributed by atoms with Crippen LogP contribution in [0.1, 0.15) is 55.2 Å². The fourth-order valence-electron chi connectivity index (χ4n) is 3.11. The smallest absolute Gasteiger partial charge is 0.870 e. The summed E-state index contributed by atoms with van der Waals surface area (Å²) in [5.74, 6) is -3.88. The van der Waals surface area contributed by atoms with Crippen LogP contribution < -0.4 is 51.4 Å². The van der Waals surface area contributed by atoms with Gasteiger partial charge >= 0.3 is 69.3 Å². The molecule has 3 aromatic rings. The van der Waals surface area contributed by atoms with E-state index in [1.807, 2.05) is 0 Å². The van der Waals surface area contributed by atoms with Crippen LogP contribution in [0.2, 0.25) is 0 Å². The van der Waals surface area contributed by atoms with Gasteiger partial charge in [0.1, 0.15) is 0 Å². The number of nitro groups is 3. The summed E-state index contributed by atoms with van der Waals surface area (Å²) in [6.07, 6.45) is 2.43. The fraction of sp³-hybridized carbons (Fsp3) is 0.0800. The summed E-state index contributed by atoms with van der Waals surface area (Å²) in [5.41, 5.74) is -1.51. The molecule has 0 saturated heterocycles. The van der Waals surface area contributed by atoms with E-state index in [-0.39, 0.29) is 104 Å². The monoisotopic (exact) mass is 645 g/mol. The quantitative estimate of drug-likeness (QED) is 0.0993. The zero-order valence-corrected chi connectivity index (χ0v) is 25.1. The molecule has 0 aliphatic carbocycles. The van der Waals surface area contributed by atoms with E-state index >= 15 is 0 Å². The first kappa shape index (κ1) is 41.0. The third-order valence-electron chi connectivity index (χ3n) is 5.06. The third-order valence-corrected chi connectivity index (χ3v) is 5.35. The number of carboxylic acids is 3. The number of alkyl halides is 1. The summed E-state index contributed by atoms with van der Waals surface area (Å²) in [4.78, 5) is 62.9. The molecule has 0 heterocycles. The first-order valence-electron chi connectivity index (χ1n) is 10.5. The van der Waals surface area contributed by atoms with Crippen molar-refractivity contribution in [1.29, 1.82) is 0 Å². The molecule has 43 heavy (non-hydrogen) atoms. The van der Waals surface area contributed by atoms with Crippen LogP contribution in [0.25, 0.3) is 12.2 Å². The van der Waals surface area contributed by atoms with E-state index in [4.69, 9.17) is 26.9 Å². The van der Waals surface area contributed by atoms with Gasteiger partial charge in [-0.05, 0) is 42.5 Å². The van der Waals surface area contributed by atoms with Gasteiger partial charge in [-0.1, -0.05) is 13.5 Å². The average Bonchev–Trinajstić information content (AvgIpc) is 2.91. The number of carboxylic acid groups (broad SMARTS) is 3. The van der Waals surface area contributed by atoms with Gasteiger partial charge in [-0.15, -0.1) is 11.6 Å². The van der Waals surface area contributed by atoms with Crippen molar-refractivity contribution in [3.63, 3.8) is 0 Å². The van der Waals surface area contributed by atoms with E-state index in [2.05, 4.69) is 0 Å². The average molecular weight is 646 g/mol. The summed E-state index contributed by atoms with van der Waals surface area (Å²) < 4.78 is 0. The number of benzene rings is 3. The Morgan fingerprint density at radius 3 is 1.23 bits per heavy atom. The van der Waals surface area contributed by atoms with E-state index < -0.39 is 44.1 Å². The number of hydrogen-bond donors (Lipinski definition) is 3. The molecule has 0 saturated carbocycles. The Kier molecular flexibility index (Phi) is 17.6. The van der Waals surface area contributed by atoms with E-state index in [0.717, 1.165) is 30.3 Å². The van der Waals surface area contributed by atoms with Gasteiger partial charge in [-0.3, -0.25) is 30.3 Å². The maximum absolute atomic E-state index is 11.1. The molecule has 4 N–H and O–H groups in total. The van der Waals surface area contributed by atoms with Gasteiger partial charge in [-0.25, -0.2) is 14.4 Å². The van der Waals surface area contributed by atoms with Crippen LogP contribution in [-0.4, -0.2) is 53.5 Å². The number of nitro benzene ring substituents is 3. The second-order valence-electron chi connectivity index (χ2n) is 7.54. The number of halogens is 1. The molecule has 0 radical (unpaired) electrons. The van der Waals surface area contributed by atoms with Crippen molar-refractivity contribution in [2.24, 2.45) is 0 Å². The number of carbonyl (C=O) groups is 3. The minimum Gasteiger partial charge on any atom is -0.870 e. The zero-order chi connectivity index (χ0) is 30.1. The summed E-state index contributed by atoms with van der Waals surface area (Å²) in [5, 5.41) is 59.1. The molecular formula is C25H21ClKN3O13. The van der Waals surface area contributed by atoms with Gasteiger partial charge < -0.3 is 20.8 Å². The Balaban J connectivity index is 0. The van der Waals surface area contributed by atoms with Crippen molar-refractivity contribution < 1.29 is 101 Å². The van der Waals surface area contributed by atoms with Gasteiger partial charge in [0.15, 0.2) is 0 Å². The van der Waals surface area contributed by atoms with Crippen LogP contribution >= 0.6 is 11.6 Å². The minimum absolute atomic E-state index is 0. The van der Waals surface area contributed by atoms with E-state index in [1.54, 1.807) is 0 Å². The van der Waals surface area contributed by atoms with Crippen molar-refractivity contribution in [2.45, 2.75) is 13.3 Å². The Hall–Kier alpha value is -4.10. The molecular weight excluding hydrogens is 625 g/mol. The molecule has 0 spiro atoms. The van der Waals surface area contributed by atoms with Crippen LogP contribution in [0.5, 0.6) is 0 Å². The topological polar surface area (TPSA) is 271 Å². The molecule has 0 atom stereocenters. The van der Waals surface area contributed by atoms with Crippen molar-refractivity contribution in [1.82, 2.24) is 0 Å². The molecule has 222 valence electrons. The minimum atomic E-state index is -1.33. The summed E-state index contributed by atoms with van der Waals surface area (Å²) in [6, 6.07) is 10.1. The normalized spacial score (nSPS) is 9.60. The van der Waals surface area contributed by atoms with Crippen LogP contribution in [0.3, 0.4) is 0 Å². The number of aromatic carboxylic acids is 3. The second kappa shape index (κ2) is 18.4. The third kappa shape index (κ3) is 11.2. The molecule has 3 rings (SSSR count). The Morgan fingerprint density at radius 1 is 0.651 bits per heavy atom. The summed E-state index contributed by atoms with van der Waals surface area (Å²) in [6.45, 7) is 0. The van der Waals surface area contributed by atoms with Gasteiger partial charge in [0, 0.05) is 23.8 Å². The molecule has 0 amide bonds. The Labute approximate surface area is 289 Å². The number of nitrogens with zero attached hydrogens (tertiary/aromatic N) is 3. The SMILES string of the molecule is C.O=C(O)c1ccc(/C=C/c2ccc(C(=O)O)cc2[N+](=O)[O-])c([N+](=O)[O-])c1.O=C(O)c1ccc(CCl)c([N+](=O)[O-])c1.[K+].[OH-]. The maximum atomic E-state index is 11.1. The predicted octanol–water partition coefficient (Wildman–Crippen LogP) is 2.56. The zero-order valence-electron chi connectivity index (χ0n) is 21.2. The number of rotatable bonds is 9. The first-order chi connectivity index (χ1) is 18.8. The predicted molar refractivity (Wildman–Crippen MR) is 147 cm³/mol. The van der Waals surface area contributed by atoms with Gasteiger partial charge in [0.25, 0.3) is 17.1 Å². The molecule has 18 heteroatoms. The standard InChI is InChI=1S/C16H10N2O8.C8H6ClNO4.CH4.K.H2O/c19-15(20)11-5-3-9(13(7-11)17(23)24)1-2-10-4-6-12(16(21)22)8-14(10)18(25)26;9-4-6-2-1-5(8(11)12)3-7(6)10(13)14;;;/h1-8H,(H,19,20)(H,21,22);1-3H,4H2,(H,11,12);1H4;;1H2/q;;;+1;/p-1/b2-1+;;;;. The van der Waals surface area contributed by atoms with Gasteiger partial charge in [-0.2, -0.15) is 0 Å². The Morgan fingerprint density at radius 2 is 0.953 bits per heavy atom. The van der Waals surface area contributed by atoms with Crippen LogP contribution in [0.4, 0.5) is 17.1 Å². The molecule has 0 unspecified atom stereocenters. The Bertz CT molecular complexity index is 1500.